The fourth-order valence-corrected chi connectivity index (χ4v) is 4.72. The van der Waals surface area contributed by atoms with Crippen LogP contribution in [0.5, 0.6) is 0 Å². The van der Waals surface area contributed by atoms with Gasteiger partial charge in [0.05, 0.1) is 11.1 Å². The summed E-state index contributed by atoms with van der Waals surface area (Å²) in [6.45, 7) is 12.9. The molecule has 0 saturated carbocycles. The largest absolute Gasteiger partial charge is 0.273 e. The highest BCUT2D eigenvalue weighted by molar-refractivity contribution is 7.89. The average molecular weight is 350 g/mol. The van der Waals surface area contributed by atoms with Gasteiger partial charge >= 0.3 is 0 Å². The number of aryl methyl sites for hydroxylation is 1. The van der Waals surface area contributed by atoms with Gasteiger partial charge < -0.3 is 0 Å². The Bertz CT molecular complexity index is 838. The Balaban J connectivity index is 2.47. The third kappa shape index (κ3) is 3.13. The van der Waals surface area contributed by atoms with Gasteiger partial charge in [-0.2, -0.15) is 9.40 Å². The van der Waals surface area contributed by atoms with Crippen molar-refractivity contribution in [1.29, 1.82) is 0 Å². The molecular weight excluding hydrogens is 322 g/mol. The van der Waals surface area contributed by atoms with Crippen LogP contribution in [0.1, 0.15) is 40.3 Å². The molecule has 1 heterocycles. The van der Waals surface area contributed by atoms with Gasteiger partial charge in [0.2, 0.25) is 10.0 Å². The lowest BCUT2D eigenvalue weighted by Gasteiger charge is -2.23. The number of sulfonamides is 1. The van der Waals surface area contributed by atoms with Gasteiger partial charge in [-0.3, -0.25) is 4.68 Å². The Hall–Kier alpha value is -1.66. The van der Waals surface area contributed by atoms with E-state index in [0.29, 0.717) is 11.4 Å². The van der Waals surface area contributed by atoms with E-state index in [0.717, 1.165) is 39.9 Å². The van der Waals surface area contributed by atoms with Crippen molar-refractivity contribution in [2.75, 3.05) is 7.05 Å². The van der Waals surface area contributed by atoms with Gasteiger partial charge in [0.1, 0.15) is 0 Å². The van der Waals surface area contributed by atoms with Gasteiger partial charge in [-0.05, 0) is 69.4 Å². The molecular formula is C18H27N3O2S. The van der Waals surface area contributed by atoms with Crippen molar-refractivity contribution in [3.63, 3.8) is 0 Å². The molecule has 132 valence electrons. The molecule has 2 aromatic rings. The SMILES string of the molecule is CCn1cc(CN(C)S(=O)(=O)c2c(C)c(C)c(C)c(C)c2C)cn1. The minimum absolute atomic E-state index is 0.313. The lowest BCUT2D eigenvalue weighted by atomic mass is 9.95. The van der Waals surface area contributed by atoms with Crippen LogP contribution in [0.3, 0.4) is 0 Å². The summed E-state index contributed by atoms with van der Waals surface area (Å²) in [5.41, 5.74) is 5.82. The van der Waals surface area contributed by atoms with Gasteiger partial charge in [0.15, 0.2) is 0 Å². The van der Waals surface area contributed by atoms with Gasteiger partial charge in [-0.1, -0.05) is 0 Å². The first-order chi connectivity index (χ1) is 11.1. The Morgan fingerprint density at radius 3 is 1.96 bits per heavy atom. The van der Waals surface area contributed by atoms with E-state index in [1.165, 1.54) is 4.31 Å². The molecule has 0 radical (unpaired) electrons. The molecule has 0 aliphatic heterocycles. The predicted molar refractivity (Wildman–Crippen MR) is 96.7 cm³/mol. The van der Waals surface area contributed by atoms with Gasteiger partial charge in [0, 0.05) is 31.9 Å². The second-order valence-corrected chi connectivity index (χ2v) is 8.40. The second kappa shape index (κ2) is 6.69. The molecule has 0 bridgehead atoms. The molecule has 0 amide bonds. The monoisotopic (exact) mass is 349 g/mol. The number of hydrogen-bond acceptors (Lipinski definition) is 3. The molecule has 0 spiro atoms. The van der Waals surface area contributed by atoms with Crippen LogP contribution in [0.2, 0.25) is 0 Å². The van der Waals surface area contributed by atoms with Crippen LogP contribution in [0.4, 0.5) is 0 Å². The van der Waals surface area contributed by atoms with Crippen LogP contribution in [0, 0.1) is 34.6 Å². The zero-order valence-electron chi connectivity index (χ0n) is 15.6. The van der Waals surface area contributed by atoms with Crippen LogP contribution in [-0.4, -0.2) is 29.6 Å². The minimum atomic E-state index is -3.56. The van der Waals surface area contributed by atoms with E-state index in [9.17, 15) is 8.42 Å². The van der Waals surface area contributed by atoms with Crippen LogP contribution in [-0.2, 0) is 23.1 Å². The van der Waals surface area contributed by atoms with E-state index in [1.807, 2.05) is 47.7 Å². The fourth-order valence-electron chi connectivity index (χ4n) is 3.01. The molecule has 0 aliphatic carbocycles. The molecule has 24 heavy (non-hydrogen) atoms. The summed E-state index contributed by atoms with van der Waals surface area (Å²) in [7, 11) is -1.93. The quantitative estimate of drug-likeness (QED) is 0.832. The molecule has 0 aliphatic rings. The van der Waals surface area contributed by atoms with Crippen molar-refractivity contribution >= 4 is 10.0 Å². The molecule has 0 fully saturated rings. The summed E-state index contributed by atoms with van der Waals surface area (Å²) in [6.07, 6.45) is 3.61. The van der Waals surface area contributed by atoms with Crippen LogP contribution in [0.15, 0.2) is 17.3 Å². The molecule has 5 nitrogen and oxygen atoms in total. The first-order valence-corrected chi connectivity index (χ1v) is 9.59. The fraction of sp³-hybridized carbons (Fsp3) is 0.500. The van der Waals surface area contributed by atoms with Crippen molar-refractivity contribution in [3.8, 4) is 0 Å². The lowest BCUT2D eigenvalue weighted by Crippen LogP contribution is -2.28. The van der Waals surface area contributed by atoms with Crippen molar-refractivity contribution in [3.05, 3.63) is 45.8 Å². The van der Waals surface area contributed by atoms with Gasteiger partial charge in [0.25, 0.3) is 0 Å². The first-order valence-electron chi connectivity index (χ1n) is 8.15. The summed E-state index contributed by atoms with van der Waals surface area (Å²) in [6, 6.07) is 0. The molecule has 1 aromatic carbocycles. The number of hydrogen-bond donors (Lipinski definition) is 0. The predicted octanol–water partition coefficient (Wildman–Crippen LogP) is 3.27. The number of aromatic nitrogens is 2. The lowest BCUT2D eigenvalue weighted by molar-refractivity contribution is 0.465. The number of nitrogens with zero attached hydrogens (tertiary/aromatic N) is 3. The Kier molecular flexibility index (Phi) is 5.20. The highest BCUT2D eigenvalue weighted by Gasteiger charge is 2.27. The molecule has 0 atom stereocenters. The molecule has 6 heteroatoms. The van der Waals surface area contributed by atoms with E-state index >= 15 is 0 Å². The van der Waals surface area contributed by atoms with Crippen LogP contribution in [0.25, 0.3) is 0 Å². The van der Waals surface area contributed by atoms with Crippen molar-refractivity contribution in [2.24, 2.45) is 0 Å². The van der Waals surface area contributed by atoms with E-state index in [-0.39, 0.29) is 0 Å². The van der Waals surface area contributed by atoms with Crippen molar-refractivity contribution in [1.82, 2.24) is 14.1 Å². The molecule has 0 saturated heterocycles. The van der Waals surface area contributed by atoms with E-state index < -0.39 is 10.0 Å². The zero-order chi connectivity index (χ0) is 18.2. The van der Waals surface area contributed by atoms with Crippen molar-refractivity contribution in [2.45, 2.75) is 59.5 Å². The number of rotatable bonds is 5. The summed E-state index contributed by atoms with van der Waals surface area (Å²) in [4.78, 5) is 0.438. The zero-order valence-corrected chi connectivity index (χ0v) is 16.5. The van der Waals surface area contributed by atoms with Gasteiger partial charge in [-0.25, -0.2) is 8.42 Å². The van der Waals surface area contributed by atoms with E-state index in [1.54, 1.807) is 17.9 Å². The summed E-state index contributed by atoms with van der Waals surface area (Å²) in [5.74, 6) is 0. The molecule has 0 unspecified atom stereocenters. The maximum atomic E-state index is 13.2. The topological polar surface area (TPSA) is 55.2 Å². The normalized spacial score (nSPS) is 12.2. The third-order valence-electron chi connectivity index (χ3n) is 5.02. The first kappa shape index (κ1) is 18.7. The van der Waals surface area contributed by atoms with E-state index in [2.05, 4.69) is 5.10 Å². The molecule has 2 rings (SSSR count). The standard InChI is InChI=1S/C18H27N3O2S/c1-8-21-11-17(9-19-21)10-20(7)24(22,23)18-15(5)13(3)12(2)14(4)16(18)6/h9,11H,8,10H2,1-7H3. The summed E-state index contributed by atoms with van der Waals surface area (Å²) >= 11 is 0. The minimum Gasteiger partial charge on any atom is -0.273 e. The molecule has 1 aromatic heterocycles. The highest BCUT2D eigenvalue weighted by Crippen LogP contribution is 2.31. The van der Waals surface area contributed by atoms with Gasteiger partial charge in [-0.15, -0.1) is 0 Å². The number of benzene rings is 1. The summed E-state index contributed by atoms with van der Waals surface area (Å²) < 4.78 is 29.5. The maximum Gasteiger partial charge on any atom is 0.243 e. The maximum absolute atomic E-state index is 13.2. The smallest absolute Gasteiger partial charge is 0.243 e. The Labute approximate surface area is 145 Å². The Morgan fingerprint density at radius 1 is 1.00 bits per heavy atom. The molecule has 0 N–H and O–H groups in total. The summed E-state index contributed by atoms with van der Waals surface area (Å²) in [5, 5.41) is 4.21. The van der Waals surface area contributed by atoms with Crippen molar-refractivity contribution < 1.29 is 8.42 Å². The van der Waals surface area contributed by atoms with Crippen LogP contribution < -0.4 is 0 Å². The van der Waals surface area contributed by atoms with E-state index in [4.69, 9.17) is 0 Å². The average Bonchev–Trinajstić information content (AvgIpc) is 2.98. The Morgan fingerprint density at radius 2 is 1.50 bits per heavy atom. The highest BCUT2D eigenvalue weighted by atomic mass is 32.2. The third-order valence-corrected chi connectivity index (χ3v) is 7.09. The van der Waals surface area contributed by atoms with Crippen LogP contribution >= 0.6 is 0 Å². The second-order valence-electron chi connectivity index (χ2n) is 6.42.